The van der Waals surface area contributed by atoms with Gasteiger partial charge < -0.3 is 20.6 Å². The third-order valence-electron chi connectivity index (χ3n) is 4.71. The number of hydrogen-bond acceptors (Lipinski definition) is 4. The summed E-state index contributed by atoms with van der Waals surface area (Å²) in [7, 11) is 0. The zero-order chi connectivity index (χ0) is 21.6. The Morgan fingerprint density at radius 1 is 1.00 bits per heavy atom. The quantitative estimate of drug-likeness (QED) is 0.501. The van der Waals surface area contributed by atoms with E-state index in [1.165, 1.54) is 19.1 Å². The number of benzene rings is 2. The summed E-state index contributed by atoms with van der Waals surface area (Å²) in [6.07, 6.45) is 0.0170. The maximum atomic E-state index is 13.1. The van der Waals surface area contributed by atoms with Gasteiger partial charge in [-0.2, -0.15) is 0 Å². The highest BCUT2D eigenvalue weighted by molar-refractivity contribution is 6.31. The minimum Gasteiger partial charge on any atom is -0.481 e. The molecular formula is C21H22FNO6. The van der Waals surface area contributed by atoms with Crippen LogP contribution in [0.5, 0.6) is 0 Å². The minimum absolute atomic E-state index is 0.155. The van der Waals surface area contributed by atoms with Gasteiger partial charge in [-0.25, -0.2) is 9.18 Å². The molecule has 0 saturated carbocycles. The van der Waals surface area contributed by atoms with Crippen molar-refractivity contribution in [2.24, 2.45) is 5.41 Å². The van der Waals surface area contributed by atoms with Crippen molar-refractivity contribution in [3.05, 3.63) is 59.9 Å². The summed E-state index contributed by atoms with van der Waals surface area (Å²) in [6.45, 7) is 0.665. The van der Waals surface area contributed by atoms with Gasteiger partial charge in [0.1, 0.15) is 5.82 Å². The van der Waals surface area contributed by atoms with E-state index in [0.717, 1.165) is 16.7 Å². The zero-order valence-electron chi connectivity index (χ0n) is 15.8. The van der Waals surface area contributed by atoms with E-state index in [1.807, 2.05) is 0 Å². The van der Waals surface area contributed by atoms with E-state index in [4.69, 9.17) is 5.11 Å². The maximum absolute atomic E-state index is 13.1. The number of carbonyl (C=O) groups excluding carboxylic acids is 1. The standard InChI is InChI=1S/C21H22FNO6/c1-21(12-24,20(28)29)11-17(23-18(25)19(26)27)10-13-2-4-14(5-3-13)15-6-8-16(22)9-7-15/h2-9,17,24H,10-12H2,1H3,(H,23,25)(H,26,27)(H,28,29)/t17-,21+/m1/s1. The molecule has 1 amide bonds. The summed E-state index contributed by atoms with van der Waals surface area (Å²) in [5.74, 6) is -4.51. The normalized spacial score (nSPS) is 13.9. The molecule has 0 saturated heterocycles. The Morgan fingerprint density at radius 3 is 1.97 bits per heavy atom. The summed E-state index contributed by atoms with van der Waals surface area (Å²) in [4.78, 5) is 33.9. The number of rotatable bonds is 8. The van der Waals surface area contributed by atoms with E-state index < -0.39 is 35.9 Å². The highest BCUT2D eigenvalue weighted by Gasteiger charge is 2.36. The summed E-state index contributed by atoms with van der Waals surface area (Å²) < 4.78 is 13.1. The van der Waals surface area contributed by atoms with Crippen LogP contribution in [-0.2, 0) is 20.8 Å². The van der Waals surface area contributed by atoms with Crippen LogP contribution < -0.4 is 5.32 Å². The van der Waals surface area contributed by atoms with Crippen LogP contribution >= 0.6 is 0 Å². The van der Waals surface area contributed by atoms with Crippen LogP contribution in [0.4, 0.5) is 4.39 Å². The first-order valence-electron chi connectivity index (χ1n) is 8.87. The average molecular weight is 403 g/mol. The smallest absolute Gasteiger partial charge is 0.394 e. The largest absolute Gasteiger partial charge is 0.481 e. The molecule has 2 atom stereocenters. The zero-order valence-corrected chi connectivity index (χ0v) is 15.8. The number of halogens is 1. The number of aliphatic hydroxyl groups excluding tert-OH is 1. The Bertz CT molecular complexity index is 881. The summed E-state index contributed by atoms with van der Waals surface area (Å²) in [5, 5.41) is 30.0. The van der Waals surface area contributed by atoms with Crippen molar-refractivity contribution in [1.29, 1.82) is 0 Å². The first-order chi connectivity index (χ1) is 13.6. The van der Waals surface area contributed by atoms with Gasteiger partial charge in [0.2, 0.25) is 0 Å². The van der Waals surface area contributed by atoms with Crippen molar-refractivity contribution < 1.29 is 34.1 Å². The van der Waals surface area contributed by atoms with Crippen molar-refractivity contribution in [2.75, 3.05) is 6.61 Å². The van der Waals surface area contributed by atoms with E-state index in [2.05, 4.69) is 5.32 Å². The molecular weight excluding hydrogens is 381 g/mol. The van der Waals surface area contributed by atoms with Crippen molar-refractivity contribution in [3.63, 3.8) is 0 Å². The maximum Gasteiger partial charge on any atom is 0.394 e. The molecule has 2 aromatic rings. The van der Waals surface area contributed by atoms with Crippen molar-refractivity contribution >= 4 is 17.8 Å². The molecule has 8 heteroatoms. The van der Waals surface area contributed by atoms with Crippen LogP contribution in [0.15, 0.2) is 48.5 Å². The van der Waals surface area contributed by atoms with Crippen molar-refractivity contribution in [2.45, 2.75) is 25.8 Å². The molecule has 0 fully saturated rings. The van der Waals surface area contributed by atoms with Gasteiger partial charge in [0.15, 0.2) is 0 Å². The molecule has 0 heterocycles. The van der Waals surface area contributed by atoms with Gasteiger partial charge >= 0.3 is 17.8 Å². The number of carbonyl (C=O) groups is 3. The third kappa shape index (κ3) is 5.86. The van der Waals surface area contributed by atoms with E-state index in [-0.39, 0.29) is 18.7 Å². The van der Waals surface area contributed by atoms with Gasteiger partial charge in [-0.3, -0.25) is 9.59 Å². The lowest BCUT2D eigenvalue weighted by atomic mass is 9.82. The fourth-order valence-electron chi connectivity index (χ4n) is 2.94. The Balaban J connectivity index is 2.20. The van der Waals surface area contributed by atoms with Gasteiger partial charge in [-0.15, -0.1) is 0 Å². The first kappa shape index (κ1) is 22.0. The first-order valence-corrected chi connectivity index (χ1v) is 8.87. The monoisotopic (exact) mass is 403 g/mol. The molecule has 2 aromatic carbocycles. The SMILES string of the molecule is C[C@@](CO)(C[C@@H](Cc1ccc(-c2ccc(F)cc2)cc1)NC(=O)C(=O)O)C(=O)O. The highest BCUT2D eigenvalue weighted by Crippen LogP contribution is 2.26. The molecule has 2 rings (SSSR count). The number of nitrogens with one attached hydrogen (secondary N) is 1. The van der Waals surface area contributed by atoms with E-state index in [1.54, 1.807) is 36.4 Å². The van der Waals surface area contributed by atoms with Crippen LogP contribution in [0.2, 0.25) is 0 Å². The number of carboxylic acid groups (broad SMARTS) is 2. The summed E-state index contributed by atoms with van der Waals surface area (Å²) in [6, 6.07) is 12.3. The number of carboxylic acids is 2. The Hall–Kier alpha value is -3.26. The fourth-order valence-corrected chi connectivity index (χ4v) is 2.94. The predicted octanol–water partition coefficient (Wildman–Crippen LogP) is 2.08. The lowest BCUT2D eigenvalue weighted by molar-refractivity contribution is -0.152. The van der Waals surface area contributed by atoms with Gasteiger partial charge in [0.05, 0.1) is 12.0 Å². The van der Waals surface area contributed by atoms with Crippen LogP contribution in [0.25, 0.3) is 11.1 Å². The predicted molar refractivity (Wildman–Crippen MR) is 103 cm³/mol. The number of hydrogen-bond donors (Lipinski definition) is 4. The molecule has 0 bridgehead atoms. The van der Waals surface area contributed by atoms with E-state index in [9.17, 15) is 29.0 Å². The topological polar surface area (TPSA) is 124 Å². The number of aliphatic hydroxyl groups is 1. The Labute approximate surface area is 166 Å². The number of aliphatic carboxylic acids is 2. The Morgan fingerprint density at radius 2 is 1.52 bits per heavy atom. The van der Waals surface area contributed by atoms with Gasteiger partial charge in [0.25, 0.3) is 0 Å². The van der Waals surface area contributed by atoms with Crippen LogP contribution in [0, 0.1) is 11.2 Å². The van der Waals surface area contributed by atoms with Crippen LogP contribution in [-0.4, -0.2) is 45.8 Å². The van der Waals surface area contributed by atoms with Crippen LogP contribution in [0.3, 0.4) is 0 Å². The molecule has 0 aromatic heterocycles. The molecule has 4 N–H and O–H groups in total. The molecule has 0 aliphatic carbocycles. The average Bonchev–Trinajstić information content (AvgIpc) is 2.68. The fraction of sp³-hybridized carbons (Fsp3) is 0.286. The summed E-state index contributed by atoms with van der Waals surface area (Å²) in [5.41, 5.74) is 0.847. The molecule has 0 spiro atoms. The summed E-state index contributed by atoms with van der Waals surface area (Å²) >= 11 is 0. The van der Waals surface area contributed by atoms with E-state index in [0.29, 0.717) is 0 Å². The van der Waals surface area contributed by atoms with Gasteiger partial charge in [0, 0.05) is 6.04 Å². The molecule has 7 nitrogen and oxygen atoms in total. The molecule has 154 valence electrons. The minimum atomic E-state index is -1.68. The molecule has 0 aliphatic heterocycles. The molecule has 0 radical (unpaired) electrons. The van der Waals surface area contributed by atoms with E-state index >= 15 is 0 Å². The second kappa shape index (κ2) is 9.29. The van der Waals surface area contributed by atoms with Gasteiger partial charge in [-0.1, -0.05) is 36.4 Å². The van der Waals surface area contributed by atoms with Crippen LogP contribution in [0.1, 0.15) is 18.9 Å². The molecule has 29 heavy (non-hydrogen) atoms. The lowest BCUT2D eigenvalue weighted by Gasteiger charge is -2.28. The Kier molecular flexibility index (Phi) is 7.06. The number of amides is 1. The molecule has 0 unspecified atom stereocenters. The van der Waals surface area contributed by atoms with Crippen molar-refractivity contribution in [3.8, 4) is 11.1 Å². The van der Waals surface area contributed by atoms with Gasteiger partial charge in [-0.05, 0) is 48.6 Å². The lowest BCUT2D eigenvalue weighted by Crippen LogP contribution is -2.46. The molecule has 0 aliphatic rings. The highest BCUT2D eigenvalue weighted by atomic mass is 19.1. The van der Waals surface area contributed by atoms with Crippen molar-refractivity contribution in [1.82, 2.24) is 5.32 Å². The third-order valence-corrected chi connectivity index (χ3v) is 4.71. The second-order valence-electron chi connectivity index (χ2n) is 7.11. The second-order valence-corrected chi connectivity index (χ2v) is 7.11.